The van der Waals surface area contributed by atoms with E-state index in [4.69, 9.17) is 0 Å². The molecule has 0 aliphatic carbocycles. The summed E-state index contributed by atoms with van der Waals surface area (Å²) in [6.07, 6.45) is 7.13. The molecule has 0 amide bonds. The van der Waals surface area contributed by atoms with Crippen molar-refractivity contribution in [1.29, 1.82) is 0 Å². The van der Waals surface area contributed by atoms with Crippen molar-refractivity contribution in [3.8, 4) is 0 Å². The zero-order valence-corrected chi connectivity index (χ0v) is 11.5. The minimum absolute atomic E-state index is 0.733. The van der Waals surface area contributed by atoms with E-state index in [0.717, 1.165) is 25.0 Å². The lowest BCUT2D eigenvalue weighted by Crippen LogP contribution is -2.42. The van der Waals surface area contributed by atoms with E-state index in [9.17, 15) is 0 Å². The summed E-state index contributed by atoms with van der Waals surface area (Å²) in [5.41, 5.74) is 0. The van der Waals surface area contributed by atoms with Gasteiger partial charge in [0, 0.05) is 6.04 Å². The smallest absolute Gasteiger partial charge is 0.0105 e. The van der Waals surface area contributed by atoms with Crippen LogP contribution >= 0.6 is 0 Å². The lowest BCUT2D eigenvalue weighted by atomic mass is 9.99. The summed E-state index contributed by atoms with van der Waals surface area (Å²) in [6, 6.07) is 0.733. The fourth-order valence-corrected chi connectivity index (χ4v) is 2.58. The molecule has 0 aromatic rings. The third-order valence-corrected chi connectivity index (χ3v) is 4.01. The molecule has 0 radical (unpaired) electrons. The number of hydrogen-bond acceptors (Lipinski definition) is 2. The van der Waals surface area contributed by atoms with Crippen molar-refractivity contribution in [2.45, 2.75) is 58.9 Å². The lowest BCUT2D eigenvalue weighted by molar-refractivity contribution is 0.147. The molecule has 1 fully saturated rings. The minimum Gasteiger partial charge on any atom is -0.317 e. The Kier molecular flexibility index (Phi) is 7.06. The Morgan fingerprint density at radius 3 is 2.12 bits per heavy atom. The molecule has 2 unspecified atom stereocenters. The van der Waals surface area contributed by atoms with E-state index in [0.29, 0.717) is 0 Å². The van der Waals surface area contributed by atoms with E-state index in [1.165, 1.54) is 45.2 Å². The maximum atomic E-state index is 3.47. The van der Waals surface area contributed by atoms with Crippen LogP contribution in [-0.2, 0) is 0 Å². The van der Waals surface area contributed by atoms with Crippen LogP contribution < -0.4 is 5.32 Å². The van der Waals surface area contributed by atoms with Crippen LogP contribution in [0.3, 0.4) is 0 Å². The number of likely N-dealkylation sites (tertiary alicyclic amines) is 1. The highest BCUT2D eigenvalue weighted by Crippen LogP contribution is 2.16. The molecule has 1 saturated heterocycles. The van der Waals surface area contributed by atoms with E-state index in [2.05, 4.69) is 31.0 Å². The Morgan fingerprint density at radius 1 is 1.00 bits per heavy atom. The van der Waals surface area contributed by atoms with Crippen molar-refractivity contribution in [1.82, 2.24) is 10.2 Å². The fraction of sp³-hybridized carbons (Fsp3) is 1.00. The summed E-state index contributed by atoms with van der Waals surface area (Å²) in [5, 5.41) is 3.47. The molecule has 0 saturated carbocycles. The maximum absolute atomic E-state index is 3.47. The van der Waals surface area contributed by atoms with Crippen LogP contribution in [0.15, 0.2) is 0 Å². The highest BCUT2D eigenvalue weighted by atomic mass is 15.2. The van der Waals surface area contributed by atoms with Crippen molar-refractivity contribution < 1.29 is 0 Å². The lowest BCUT2D eigenvalue weighted by Gasteiger charge is -2.34. The highest BCUT2D eigenvalue weighted by Gasteiger charge is 2.19. The van der Waals surface area contributed by atoms with Crippen molar-refractivity contribution in [3.05, 3.63) is 0 Å². The first-order chi connectivity index (χ1) is 7.75. The second-order valence-electron chi connectivity index (χ2n) is 5.33. The van der Waals surface area contributed by atoms with E-state index < -0.39 is 0 Å². The van der Waals surface area contributed by atoms with Crippen LogP contribution in [-0.4, -0.2) is 37.1 Å². The first-order valence-corrected chi connectivity index (χ1v) is 7.20. The monoisotopic (exact) mass is 226 g/mol. The molecule has 0 bridgehead atoms. The van der Waals surface area contributed by atoms with Gasteiger partial charge in [-0.3, -0.25) is 0 Å². The number of rotatable bonds is 5. The van der Waals surface area contributed by atoms with Gasteiger partial charge in [-0.25, -0.2) is 0 Å². The first-order valence-electron chi connectivity index (χ1n) is 7.20. The van der Waals surface area contributed by atoms with Gasteiger partial charge >= 0.3 is 0 Å². The standard InChI is InChI=1S/C14H30N2/c1-4-15-12-13(2)14(3)16-10-8-6-5-7-9-11-16/h13-15H,4-12H2,1-3H3. The molecule has 1 aliphatic heterocycles. The summed E-state index contributed by atoms with van der Waals surface area (Å²) in [5.74, 6) is 0.763. The van der Waals surface area contributed by atoms with Crippen LogP contribution in [0.5, 0.6) is 0 Å². The zero-order valence-electron chi connectivity index (χ0n) is 11.5. The molecule has 1 N–H and O–H groups in total. The molecule has 96 valence electrons. The predicted octanol–water partition coefficient (Wildman–Crippen LogP) is 2.89. The third kappa shape index (κ3) is 4.84. The van der Waals surface area contributed by atoms with Gasteiger partial charge in [0.2, 0.25) is 0 Å². The van der Waals surface area contributed by atoms with Gasteiger partial charge in [0.1, 0.15) is 0 Å². The number of nitrogens with one attached hydrogen (secondary N) is 1. The molecule has 0 spiro atoms. The largest absolute Gasteiger partial charge is 0.317 e. The number of nitrogens with zero attached hydrogens (tertiary/aromatic N) is 1. The quantitative estimate of drug-likeness (QED) is 0.775. The summed E-state index contributed by atoms with van der Waals surface area (Å²) in [7, 11) is 0. The Morgan fingerprint density at radius 2 is 1.56 bits per heavy atom. The molecule has 2 heteroatoms. The Hall–Kier alpha value is -0.0800. The fourth-order valence-electron chi connectivity index (χ4n) is 2.58. The Labute approximate surface area is 102 Å². The molecule has 2 nitrogen and oxygen atoms in total. The van der Waals surface area contributed by atoms with E-state index >= 15 is 0 Å². The van der Waals surface area contributed by atoms with E-state index in [-0.39, 0.29) is 0 Å². The van der Waals surface area contributed by atoms with Crippen LogP contribution in [0.2, 0.25) is 0 Å². The minimum atomic E-state index is 0.733. The summed E-state index contributed by atoms with van der Waals surface area (Å²) in [4.78, 5) is 2.71. The normalized spacial score (nSPS) is 23.4. The molecule has 0 aromatic heterocycles. The molecule has 1 heterocycles. The Balaban J connectivity index is 2.33. The van der Waals surface area contributed by atoms with Crippen LogP contribution in [0, 0.1) is 5.92 Å². The van der Waals surface area contributed by atoms with Gasteiger partial charge in [-0.15, -0.1) is 0 Å². The van der Waals surface area contributed by atoms with Gasteiger partial charge in [-0.05, 0) is 51.9 Å². The van der Waals surface area contributed by atoms with Crippen LogP contribution in [0.25, 0.3) is 0 Å². The molecule has 0 aromatic carbocycles. The third-order valence-electron chi connectivity index (χ3n) is 4.01. The maximum Gasteiger partial charge on any atom is 0.0105 e. The van der Waals surface area contributed by atoms with Crippen molar-refractivity contribution in [3.63, 3.8) is 0 Å². The van der Waals surface area contributed by atoms with Crippen LogP contribution in [0.1, 0.15) is 52.9 Å². The molecular formula is C14H30N2. The average Bonchev–Trinajstić information content (AvgIpc) is 2.24. The molecule has 1 rings (SSSR count). The molecule has 1 aliphatic rings. The second kappa shape index (κ2) is 8.08. The molecule has 2 atom stereocenters. The predicted molar refractivity (Wildman–Crippen MR) is 71.8 cm³/mol. The molecular weight excluding hydrogens is 196 g/mol. The van der Waals surface area contributed by atoms with Crippen molar-refractivity contribution in [2.75, 3.05) is 26.2 Å². The Bertz CT molecular complexity index is 162. The highest BCUT2D eigenvalue weighted by molar-refractivity contribution is 4.75. The summed E-state index contributed by atoms with van der Waals surface area (Å²) < 4.78 is 0. The summed E-state index contributed by atoms with van der Waals surface area (Å²) >= 11 is 0. The van der Waals surface area contributed by atoms with Gasteiger partial charge < -0.3 is 10.2 Å². The SMILES string of the molecule is CCNCC(C)C(C)N1CCCCCCC1. The first kappa shape index (κ1) is 14.0. The van der Waals surface area contributed by atoms with Gasteiger partial charge in [0.05, 0.1) is 0 Å². The van der Waals surface area contributed by atoms with Gasteiger partial charge in [0.15, 0.2) is 0 Å². The topological polar surface area (TPSA) is 15.3 Å². The van der Waals surface area contributed by atoms with Gasteiger partial charge in [0.25, 0.3) is 0 Å². The van der Waals surface area contributed by atoms with Crippen molar-refractivity contribution >= 4 is 0 Å². The molecule has 16 heavy (non-hydrogen) atoms. The van der Waals surface area contributed by atoms with E-state index in [1.807, 2.05) is 0 Å². The van der Waals surface area contributed by atoms with Gasteiger partial charge in [-0.1, -0.05) is 33.1 Å². The second-order valence-corrected chi connectivity index (χ2v) is 5.33. The zero-order chi connectivity index (χ0) is 11.8. The van der Waals surface area contributed by atoms with Gasteiger partial charge in [-0.2, -0.15) is 0 Å². The summed E-state index contributed by atoms with van der Waals surface area (Å²) in [6.45, 7) is 11.9. The van der Waals surface area contributed by atoms with Crippen molar-refractivity contribution in [2.24, 2.45) is 5.92 Å². The van der Waals surface area contributed by atoms with Crippen LogP contribution in [0.4, 0.5) is 0 Å². The number of hydrogen-bond donors (Lipinski definition) is 1. The van der Waals surface area contributed by atoms with E-state index in [1.54, 1.807) is 0 Å². The average molecular weight is 226 g/mol.